The highest BCUT2D eigenvalue weighted by molar-refractivity contribution is 4.79. The van der Waals surface area contributed by atoms with Crippen molar-refractivity contribution in [3.05, 3.63) is 12.5 Å². The molecule has 0 saturated carbocycles. The minimum Gasteiger partial charge on any atom is -0.466 e. The average molecular weight is 170 g/mol. The minimum absolute atomic E-state index is 0.300. The number of rotatable bonds is 0. The van der Waals surface area contributed by atoms with E-state index >= 15 is 0 Å². The molecule has 1 heterocycles. The molecule has 1 rings (SSSR count). The maximum Gasteiger partial charge on any atom is 0.271 e. The van der Waals surface area contributed by atoms with E-state index in [1.807, 2.05) is 0 Å². The average Bonchev–Trinajstić information content (AvgIpc) is 2.11. The highest BCUT2D eigenvalue weighted by atomic mass is 16.7. The van der Waals surface area contributed by atoms with Crippen LogP contribution in [0, 0.1) is 11.3 Å². The van der Waals surface area contributed by atoms with Crippen LogP contribution in [0.25, 0.3) is 0 Å². The third kappa shape index (κ3) is 2.43. The summed E-state index contributed by atoms with van der Waals surface area (Å²) in [6.07, 6.45) is 1.06. The third-order valence-electron chi connectivity index (χ3n) is 2.40. The maximum atomic E-state index is 5.33. The molecule has 1 saturated heterocycles. The van der Waals surface area contributed by atoms with Crippen molar-refractivity contribution in [2.75, 3.05) is 13.2 Å². The second kappa shape index (κ2) is 3.38. The first-order valence-electron chi connectivity index (χ1n) is 4.44. The fourth-order valence-corrected chi connectivity index (χ4v) is 1.32. The monoisotopic (exact) mass is 170 g/mol. The SMILES string of the molecule is C=C1OCCC(C(C)(C)C)CO1. The van der Waals surface area contributed by atoms with Gasteiger partial charge >= 0.3 is 0 Å². The summed E-state index contributed by atoms with van der Waals surface area (Å²) < 4.78 is 10.5. The first-order valence-corrected chi connectivity index (χ1v) is 4.44. The molecule has 0 radical (unpaired) electrons. The molecule has 0 aromatic rings. The van der Waals surface area contributed by atoms with E-state index in [-0.39, 0.29) is 0 Å². The number of hydrogen-bond donors (Lipinski definition) is 0. The van der Waals surface area contributed by atoms with Crippen molar-refractivity contribution in [2.24, 2.45) is 11.3 Å². The Morgan fingerprint density at radius 2 is 2.00 bits per heavy atom. The van der Waals surface area contributed by atoms with E-state index < -0.39 is 0 Å². The van der Waals surface area contributed by atoms with Crippen LogP contribution in [0.3, 0.4) is 0 Å². The van der Waals surface area contributed by atoms with E-state index in [0.717, 1.165) is 19.6 Å². The topological polar surface area (TPSA) is 18.5 Å². The highest BCUT2D eigenvalue weighted by Crippen LogP contribution is 2.31. The van der Waals surface area contributed by atoms with Gasteiger partial charge in [-0.1, -0.05) is 20.8 Å². The first kappa shape index (κ1) is 9.43. The van der Waals surface area contributed by atoms with Gasteiger partial charge in [-0.15, -0.1) is 0 Å². The summed E-state index contributed by atoms with van der Waals surface area (Å²) in [5.41, 5.74) is 0.300. The van der Waals surface area contributed by atoms with Crippen LogP contribution in [0.5, 0.6) is 0 Å². The van der Waals surface area contributed by atoms with Crippen molar-refractivity contribution < 1.29 is 9.47 Å². The van der Waals surface area contributed by atoms with Crippen molar-refractivity contribution >= 4 is 0 Å². The van der Waals surface area contributed by atoms with Crippen LogP contribution in [0.1, 0.15) is 27.2 Å². The van der Waals surface area contributed by atoms with Gasteiger partial charge in [0.25, 0.3) is 5.95 Å². The highest BCUT2D eigenvalue weighted by Gasteiger charge is 2.27. The zero-order chi connectivity index (χ0) is 9.19. The molecule has 0 amide bonds. The zero-order valence-electron chi connectivity index (χ0n) is 8.22. The number of hydrogen-bond acceptors (Lipinski definition) is 2. The van der Waals surface area contributed by atoms with Crippen LogP contribution >= 0.6 is 0 Å². The van der Waals surface area contributed by atoms with Crippen LogP contribution < -0.4 is 0 Å². The molecule has 0 spiro atoms. The van der Waals surface area contributed by atoms with Gasteiger partial charge in [0, 0.05) is 5.92 Å². The summed E-state index contributed by atoms with van der Waals surface area (Å²) in [7, 11) is 0. The summed E-state index contributed by atoms with van der Waals surface area (Å²) in [6, 6.07) is 0. The Morgan fingerprint density at radius 3 is 2.58 bits per heavy atom. The van der Waals surface area contributed by atoms with Gasteiger partial charge in [0.05, 0.1) is 13.2 Å². The normalized spacial score (nSPS) is 25.6. The lowest BCUT2D eigenvalue weighted by molar-refractivity contribution is 0.0490. The predicted octanol–water partition coefficient (Wildman–Crippen LogP) is 2.56. The van der Waals surface area contributed by atoms with Crippen molar-refractivity contribution in [1.29, 1.82) is 0 Å². The van der Waals surface area contributed by atoms with Gasteiger partial charge in [0.1, 0.15) is 0 Å². The molecular formula is C10H18O2. The molecule has 70 valence electrons. The molecule has 0 aromatic heterocycles. The van der Waals surface area contributed by atoms with Crippen LogP contribution in [0.2, 0.25) is 0 Å². The molecule has 0 N–H and O–H groups in total. The number of ether oxygens (including phenoxy) is 2. The lowest BCUT2D eigenvalue weighted by Gasteiger charge is -2.27. The lowest BCUT2D eigenvalue weighted by Crippen LogP contribution is -2.24. The Kier molecular flexibility index (Phi) is 2.65. The van der Waals surface area contributed by atoms with E-state index in [2.05, 4.69) is 27.4 Å². The molecule has 1 aliphatic rings. The van der Waals surface area contributed by atoms with Crippen LogP contribution in [-0.2, 0) is 9.47 Å². The van der Waals surface area contributed by atoms with Gasteiger partial charge in [0.2, 0.25) is 0 Å². The fourth-order valence-electron chi connectivity index (χ4n) is 1.32. The van der Waals surface area contributed by atoms with E-state index in [1.54, 1.807) is 0 Å². The molecule has 0 bridgehead atoms. The standard InChI is InChI=1S/C10H18O2/c1-8-11-6-5-9(7-12-8)10(2,3)4/h9H,1,5-7H2,2-4H3. The van der Waals surface area contributed by atoms with E-state index in [9.17, 15) is 0 Å². The molecule has 12 heavy (non-hydrogen) atoms. The van der Waals surface area contributed by atoms with Gasteiger partial charge in [-0.05, 0) is 18.4 Å². The largest absolute Gasteiger partial charge is 0.466 e. The lowest BCUT2D eigenvalue weighted by atomic mass is 9.79. The summed E-state index contributed by atoms with van der Waals surface area (Å²) >= 11 is 0. The predicted molar refractivity (Wildman–Crippen MR) is 48.6 cm³/mol. The minimum atomic E-state index is 0.300. The van der Waals surface area contributed by atoms with Crippen molar-refractivity contribution in [1.82, 2.24) is 0 Å². The summed E-state index contributed by atoms with van der Waals surface area (Å²) in [5.74, 6) is 1.04. The fraction of sp³-hybridized carbons (Fsp3) is 0.800. The van der Waals surface area contributed by atoms with Crippen molar-refractivity contribution in [3.63, 3.8) is 0 Å². The molecule has 0 aliphatic carbocycles. The second-order valence-corrected chi connectivity index (χ2v) is 4.38. The molecule has 0 aromatic carbocycles. The van der Waals surface area contributed by atoms with Gasteiger partial charge in [-0.25, -0.2) is 0 Å². The zero-order valence-corrected chi connectivity index (χ0v) is 8.22. The summed E-state index contributed by atoms with van der Waals surface area (Å²) in [4.78, 5) is 0. The molecule has 1 fully saturated rings. The van der Waals surface area contributed by atoms with E-state index in [0.29, 0.717) is 17.3 Å². The van der Waals surface area contributed by atoms with Crippen LogP contribution in [0.15, 0.2) is 12.5 Å². The van der Waals surface area contributed by atoms with Gasteiger partial charge in [-0.2, -0.15) is 0 Å². The smallest absolute Gasteiger partial charge is 0.271 e. The maximum absolute atomic E-state index is 5.33. The van der Waals surface area contributed by atoms with Gasteiger partial charge in [0.15, 0.2) is 0 Å². The summed E-state index contributed by atoms with van der Waals surface area (Å²) in [5, 5.41) is 0. The van der Waals surface area contributed by atoms with E-state index in [1.165, 1.54) is 0 Å². The van der Waals surface area contributed by atoms with Crippen molar-refractivity contribution in [3.8, 4) is 0 Å². The second-order valence-electron chi connectivity index (χ2n) is 4.38. The van der Waals surface area contributed by atoms with E-state index in [4.69, 9.17) is 9.47 Å². The summed E-state index contributed by atoms with van der Waals surface area (Å²) in [6.45, 7) is 11.8. The van der Waals surface area contributed by atoms with Crippen LogP contribution in [0.4, 0.5) is 0 Å². The first-order chi connectivity index (χ1) is 5.50. The Morgan fingerprint density at radius 1 is 1.33 bits per heavy atom. The quantitative estimate of drug-likeness (QED) is 0.556. The Balaban J connectivity index is 2.52. The molecule has 2 nitrogen and oxygen atoms in total. The van der Waals surface area contributed by atoms with Gasteiger partial charge < -0.3 is 9.47 Å². The van der Waals surface area contributed by atoms with Gasteiger partial charge in [-0.3, -0.25) is 0 Å². The Hall–Kier alpha value is -0.660. The Bertz CT molecular complexity index is 167. The molecule has 1 atom stereocenters. The van der Waals surface area contributed by atoms with Crippen molar-refractivity contribution in [2.45, 2.75) is 27.2 Å². The molecule has 1 aliphatic heterocycles. The molecule has 2 heteroatoms. The third-order valence-corrected chi connectivity index (χ3v) is 2.40. The molecule has 1 unspecified atom stereocenters. The molecular weight excluding hydrogens is 152 g/mol. The van der Waals surface area contributed by atoms with Crippen LogP contribution in [-0.4, -0.2) is 13.2 Å². The Labute approximate surface area is 74.6 Å².